The van der Waals surface area contributed by atoms with Gasteiger partial charge in [-0.1, -0.05) is 62.4 Å². The summed E-state index contributed by atoms with van der Waals surface area (Å²) in [5, 5.41) is 2.57. The van der Waals surface area contributed by atoms with Crippen LogP contribution >= 0.6 is 0 Å². The first kappa shape index (κ1) is 14.5. The van der Waals surface area contributed by atoms with E-state index in [0.29, 0.717) is 0 Å². The van der Waals surface area contributed by atoms with Crippen LogP contribution in [0.4, 0.5) is 0 Å². The molecule has 0 N–H and O–H groups in total. The number of aliphatic imine (C=N–C) groups is 1. The van der Waals surface area contributed by atoms with Crippen molar-refractivity contribution >= 4 is 17.0 Å². The lowest BCUT2D eigenvalue weighted by Crippen LogP contribution is -2.12. The van der Waals surface area contributed by atoms with Crippen LogP contribution in [0.1, 0.15) is 38.8 Å². The first-order chi connectivity index (χ1) is 9.53. The second-order valence-corrected chi connectivity index (χ2v) is 6.00. The SMILES string of the molecule is C=CCC(C)(C)C=N[C@@H](C)c1cccc2ccccc12. The minimum Gasteiger partial charge on any atom is -0.289 e. The molecule has 2 aromatic carbocycles. The van der Waals surface area contributed by atoms with E-state index in [1.807, 2.05) is 6.08 Å². The van der Waals surface area contributed by atoms with E-state index < -0.39 is 0 Å². The zero-order valence-corrected chi connectivity index (χ0v) is 12.6. The van der Waals surface area contributed by atoms with Crippen molar-refractivity contribution in [1.82, 2.24) is 0 Å². The molecular weight excluding hydrogens is 242 g/mol. The lowest BCUT2D eigenvalue weighted by atomic mass is 9.91. The number of benzene rings is 2. The van der Waals surface area contributed by atoms with Crippen LogP contribution in [0.15, 0.2) is 60.1 Å². The first-order valence-corrected chi connectivity index (χ1v) is 7.16. The summed E-state index contributed by atoms with van der Waals surface area (Å²) >= 11 is 0. The molecule has 0 aromatic heterocycles. The number of allylic oxidation sites excluding steroid dienone is 1. The fourth-order valence-corrected chi connectivity index (χ4v) is 2.43. The Hall–Kier alpha value is -1.89. The second kappa shape index (κ2) is 6.04. The Morgan fingerprint density at radius 3 is 2.60 bits per heavy atom. The van der Waals surface area contributed by atoms with E-state index in [4.69, 9.17) is 4.99 Å². The van der Waals surface area contributed by atoms with Gasteiger partial charge < -0.3 is 0 Å². The van der Waals surface area contributed by atoms with Crippen molar-refractivity contribution in [3.8, 4) is 0 Å². The van der Waals surface area contributed by atoms with E-state index >= 15 is 0 Å². The Bertz CT molecular complexity index is 617. The summed E-state index contributed by atoms with van der Waals surface area (Å²) in [7, 11) is 0. The number of rotatable bonds is 5. The normalized spacial score (nSPS) is 13.8. The molecule has 1 nitrogen and oxygen atoms in total. The summed E-state index contributed by atoms with van der Waals surface area (Å²) < 4.78 is 0. The van der Waals surface area contributed by atoms with E-state index in [9.17, 15) is 0 Å². The van der Waals surface area contributed by atoms with E-state index in [1.54, 1.807) is 0 Å². The molecule has 0 aliphatic rings. The molecule has 0 heterocycles. The summed E-state index contributed by atoms with van der Waals surface area (Å²) in [6.45, 7) is 10.3. The predicted octanol–water partition coefficient (Wildman–Crippen LogP) is 5.57. The maximum absolute atomic E-state index is 4.76. The van der Waals surface area contributed by atoms with Gasteiger partial charge in [0, 0.05) is 11.6 Å². The quantitative estimate of drug-likeness (QED) is 0.495. The summed E-state index contributed by atoms with van der Waals surface area (Å²) in [6.07, 6.45) is 4.97. The van der Waals surface area contributed by atoms with Crippen molar-refractivity contribution in [3.05, 3.63) is 60.7 Å². The molecule has 0 saturated carbocycles. The van der Waals surface area contributed by atoms with Gasteiger partial charge in [-0.15, -0.1) is 6.58 Å². The average Bonchev–Trinajstić information content (AvgIpc) is 2.44. The molecular formula is C19H23N. The minimum atomic E-state index is 0.0700. The fraction of sp³-hybridized carbons (Fsp3) is 0.316. The highest BCUT2D eigenvalue weighted by atomic mass is 14.8. The van der Waals surface area contributed by atoms with Crippen LogP contribution in [0.2, 0.25) is 0 Å². The molecule has 1 heteroatoms. The minimum absolute atomic E-state index is 0.0700. The van der Waals surface area contributed by atoms with Gasteiger partial charge in [-0.3, -0.25) is 4.99 Å². The Balaban J connectivity index is 2.30. The molecule has 0 bridgehead atoms. The summed E-state index contributed by atoms with van der Waals surface area (Å²) in [5.74, 6) is 0. The Morgan fingerprint density at radius 1 is 1.15 bits per heavy atom. The predicted molar refractivity (Wildman–Crippen MR) is 89.5 cm³/mol. The van der Waals surface area contributed by atoms with Gasteiger partial charge in [0.2, 0.25) is 0 Å². The molecule has 0 amide bonds. The van der Waals surface area contributed by atoms with Gasteiger partial charge in [0.25, 0.3) is 0 Å². The zero-order chi connectivity index (χ0) is 14.6. The fourth-order valence-electron chi connectivity index (χ4n) is 2.43. The smallest absolute Gasteiger partial charge is 0.0723 e. The van der Waals surface area contributed by atoms with Crippen LogP contribution in [-0.4, -0.2) is 6.21 Å². The summed E-state index contributed by atoms with van der Waals surface area (Å²) in [6, 6.07) is 15.1. The van der Waals surface area contributed by atoms with Crippen LogP contribution < -0.4 is 0 Å². The number of hydrogen-bond donors (Lipinski definition) is 0. The highest BCUT2D eigenvalue weighted by molar-refractivity contribution is 5.86. The van der Waals surface area contributed by atoms with Crippen molar-refractivity contribution in [3.63, 3.8) is 0 Å². The third kappa shape index (κ3) is 3.36. The highest BCUT2D eigenvalue weighted by Crippen LogP contribution is 2.27. The van der Waals surface area contributed by atoms with Crippen molar-refractivity contribution in [2.24, 2.45) is 10.4 Å². The van der Waals surface area contributed by atoms with Gasteiger partial charge in [-0.25, -0.2) is 0 Å². The zero-order valence-electron chi connectivity index (χ0n) is 12.6. The molecule has 0 aliphatic heterocycles. The third-order valence-electron chi connectivity index (χ3n) is 3.59. The average molecular weight is 265 g/mol. The van der Waals surface area contributed by atoms with Crippen molar-refractivity contribution in [1.29, 1.82) is 0 Å². The van der Waals surface area contributed by atoms with Gasteiger partial charge in [0.1, 0.15) is 0 Å². The monoisotopic (exact) mass is 265 g/mol. The topological polar surface area (TPSA) is 12.4 Å². The van der Waals surface area contributed by atoms with Crippen LogP contribution in [0.5, 0.6) is 0 Å². The molecule has 20 heavy (non-hydrogen) atoms. The maximum Gasteiger partial charge on any atom is 0.0723 e. The Kier molecular flexibility index (Phi) is 4.39. The third-order valence-corrected chi connectivity index (χ3v) is 3.59. The molecule has 104 valence electrons. The summed E-state index contributed by atoms with van der Waals surface area (Å²) in [4.78, 5) is 4.76. The van der Waals surface area contributed by atoms with Crippen LogP contribution in [0.3, 0.4) is 0 Å². The second-order valence-electron chi connectivity index (χ2n) is 6.00. The maximum atomic E-state index is 4.76. The molecule has 0 spiro atoms. The van der Waals surface area contributed by atoms with Gasteiger partial charge in [0.15, 0.2) is 0 Å². The number of fused-ring (bicyclic) bond motifs is 1. The van der Waals surface area contributed by atoms with Crippen molar-refractivity contribution < 1.29 is 0 Å². The Labute approximate surface area is 122 Å². The number of hydrogen-bond acceptors (Lipinski definition) is 1. The molecule has 0 unspecified atom stereocenters. The van der Waals surface area contributed by atoms with Gasteiger partial charge in [-0.05, 0) is 29.7 Å². The van der Waals surface area contributed by atoms with Crippen LogP contribution in [-0.2, 0) is 0 Å². The van der Waals surface area contributed by atoms with Crippen LogP contribution in [0, 0.1) is 5.41 Å². The van der Waals surface area contributed by atoms with Gasteiger partial charge >= 0.3 is 0 Å². The lowest BCUT2D eigenvalue weighted by molar-refractivity contribution is 0.541. The largest absolute Gasteiger partial charge is 0.289 e. The lowest BCUT2D eigenvalue weighted by Gasteiger charge is -2.18. The van der Waals surface area contributed by atoms with Gasteiger partial charge in [0.05, 0.1) is 6.04 Å². The molecule has 0 saturated heterocycles. The highest BCUT2D eigenvalue weighted by Gasteiger charge is 2.14. The summed E-state index contributed by atoms with van der Waals surface area (Å²) in [5.41, 5.74) is 1.36. The van der Waals surface area contributed by atoms with E-state index in [-0.39, 0.29) is 11.5 Å². The Morgan fingerprint density at radius 2 is 1.85 bits per heavy atom. The molecule has 0 aliphatic carbocycles. The standard InChI is InChI=1S/C19H23N/c1-5-13-19(3,4)14-20-15(2)17-12-8-10-16-9-6-7-11-18(16)17/h5-12,14-15H,1,13H2,2-4H3/t15-/m0/s1. The molecule has 2 aromatic rings. The molecule has 0 radical (unpaired) electrons. The number of nitrogens with zero attached hydrogens (tertiary/aromatic N) is 1. The van der Waals surface area contributed by atoms with E-state index in [2.05, 4.69) is 76.0 Å². The van der Waals surface area contributed by atoms with Crippen molar-refractivity contribution in [2.45, 2.75) is 33.2 Å². The molecule has 2 rings (SSSR count). The molecule has 0 fully saturated rings. The van der Waals surface area contributed by atoms with Crippen molar-refractivity contribution in [2.75, 3.05) is 0 Å². The first-order valence-electron chi connectivity index (χ1n) is 7.16. The molecule has 1 atom stereocenters. The van der Waals surface area contributed by atoms with Crippen LogP contribution in [0.25, 0.3) is 10.8 Å². The van der Waals surface area contributed by atoms with E-state index in [0.717, 1.165) is 6.42 Å². The van der Waals surface area contributed by atoms with E-state index in [1.165, 1.54) is 16.3 Å². The van der Waals surface area contributed by atoms with Gasteiger partial charge in [-0.2, -0.15) is 0 Å².